The molecule has 1 saturated carbocycles. The molecule has 2 atom stereocenters. The normalized spacial score (nSPS) is 23.6. The minimum Gasteiger partial charge on any atom is -0.310 e. The molecule has 0 spiro atoms. The molecule has 1 aromatic rings. The van der Waals surface area contributed by atoms with E-state index in [2.05, 4.69) is 31.3 Å². The molecule has 0 aromatic heterocycles. The molecular formula is C15H20N2. The molecule has 1 N–H and O–H groups in total. The van der Waals surface area contributed by atoms with E-state index in [0.717, 1.165) is 18.0 Å². The molecule has 0 bridgehead atoms. The van der Waals surface area contributed by atoms with E-state index in [9.17, 15) is 0 Å². The highest BCUT2D eigenvalue weighted by Gasteiger charge is 2.22. The van der Waals surface area contributed by atoms with Crippen molar-refractivity contribution in [3.05, 3.63) is 34.9 Å². The van der Waals surface area contributed by atoms with Crippen molar-refractivity contribution >= 4 is 0 Å². The number of rotatable bonds is 3. The molecule has 1 fully saturated rings. The molecule has 1 aliphatic carbocycles. The molecule has 0 amide bonds. The van der Waals surface area contributed by atoms with E-state index < -0.39 is 0 Å². The molecule has 0 heterocycles. The summed E-state index contributed by atoms with van der Waals surface area (Å²) in [6.45, 7) is 5.33. The molecule has 90 valence electrons. The second-order valence-electron chi connectivity index (χ2n) is 5.15. The van der Waals surface area contributed by atoms with Crippen molar-refractivity contribution in [2.24, 2.45) is 5.92 Å². The summed E-state index contributed by atoms with van der Waals surface area (Å²) in [4.78, 5) is 0. The topological polar surface area (TPSA) is 35.8 Å². The lowest BCUT2D eigenvalue weighted by Gasteiger charge is -2.18. The second kappa shape index (κ2) is 5.33. The zero-order valence-corrected chi connectivity index (χ0v) is 10.7. The Hall–Kier alpha value is -1.33. The Kier molecular flexibility index (Phi) is 3.81. The molecule has 17 heavy (non-hydrogen) atoms. The van der Waals surface area contributed by atoms with Gasteiger partial charge in [-0.1, -0.05) is 19.4 Å². The van der Waals surface area contributed by atoms with E-state index in [-0.39, 0.29) is 0 Å². The van der Waals surface area contributed by atoms with Gasteiger partial charge in [-0.15, -0.1) is 0 Å². The van der Waals surface area contributed by atoms with Gasteiger partial charge in [-0.05, 0) is 48.9 Å². The summed E-state index contributed by atoms with van der Waals surface area (Å²) in [5.41, 5.74) is 3.27. The van der Waals surface area contributed by atoms with Crippen LogP contribution in [0, 0.1) is 24.2 Å². The predicted molar refractivity (Wildman–Crippen MR) is 69.5 cm³/mol. The minimum absolute atomic E-state index is 0.671. The highest BCUT2D eigenvalue weighted by atomic mass is 14.9. The van der Waals surface area contributed by atoms with Crippen LogP contribution in [0.4, 0.5) is 0 Å². The average molecular weight is 228 g/mol. The summed E-state index contributed by atoms with van der Waals surface area (Å²) in [5, 5.41) is 12.5. The highest BCUT2D eigenvalue weighted by molar-refractivity contribution is 5.37. The Balaban J connectivity index is 1.97. The van der Waals surface area contributed by atoms with Gasteiger partial charge in [0.15, 0.2) is 0 Å². The average Bonchev–Trinajstić information content (AvgIpc) is 2.73. The number of hydrogen-bond donors (Lipinski definition) is 1. The molecule has 2 rings (SSSR count). The Morgan fingerprint density at radius 1 is 1.41 bits per heavy atom. The third-order valence-electron chi connectivity index (χ3n) is 3.89. The molecular weight excluding hydrogens is 208 g/mol. The van der Waals surface area contributed by atoms with Gasteiger partial charge < -0.3 is 5.32 Å². The maximum Gasteiger partial charge on any atom is 0.0991 e. The molecule has 0 aliphatic heterocycles. The van der Waals surface area contributed by atoms with Gasteiger partial charge in [0, 0.05) is 12.6 Å². The molecule has 2 nitrogen and oxygen atoms in total. The standard InChI is InChI=1S/C15H20N2/c1-11-4-3-5-15(11)17-10-14-7-6-13(9-16)8-12(14)2/h6-8,11,15,17H,3-5,10H2,1-2H3. The van der Waals surface area contributed by atoms with Crippen LogP contribution in [0.15, 0.2) is 18.2 Å². The lowest BCUT2D eigenvalue weighted by Crippen LogP contribution is -2.30. The van der Waals surface area contributed by atoms with Gasteiger partial charge >= 0.3 is 0 Å². The number of benzene rings is 1. The van der Waals surface area contributed by atoms with Crippen LogP contribution in [0.5, 0.6) is 0 Å². The first-order valence-electron chi connectivity index (χ1n) is 6.43. The SMILES string of the molecule is Cc1cc(C#N)ccc1CNC1CCCC1C. The lowest BCUT2D eigenvalue weighted by molar-refractivity contribution is 0.425. The monoisotopic (exact) mass is 228 g/mol. The van der Waals surface area contributed by atoms with E-state index in [1.165, 1.54) is 30.4 Å². The third-order valence-corrected chi connectivity index (χ3v) is 3.89. The first kappa shape index (κ1) is 12.1. The van der Waals surface area contributed by atoms with Gasteiger partial charge in [-0.3, -0.25) is 0 Å². The maximum absolute atomic E-state index is 8.82. The fourth-order valence-corrected chi connectivity index (χ4v) is 2.65. The summed E-state index contributed by atoms with van der Waals surface area (Å²) >= 11 is 0. The van der Waals surface area contributed by atoms with Crippen molar-refractivity contribution in [2.45, 2.75) is 45.7 Å². The van der Waals surface area contributed by atoms with Crippen LogP contribution in [0.25, 0.3) is 0 Å². The molecule has 0 saturated heterocycles. The zero-order chi connectivity index (χ0) is 12.3. The van der Waals surface area contributed by atoms with E-state index >= 15 is 0 Å². The highest BCUT2D eigenvalue weighted by Crippen LogP contribution is 2.25. The Morgan fingerprint density at radius 2 is 2.24 bits per heavy atom. The summed E-state index contributed by atoms with van der Waals surface area (Å²) in [5.74, 6) is 0.800. The largest absolute Gasteiger partial charge is 0.310 e. The summed E-state index contributed by atoms with van der Waals surface area (Å²) < 4.78 is 0. The van der Waals surface area contributed by atoms with Crippen molar-refractivity contribution in [1.29, 1.82) is 5.26 Å². The maximum atomic E-state index is 8.82. The summed E-state index contributed by atoms with van der Waals surface area (Å²) in [7, 11) is 0. The van der Waals surface area contributed by atoms with Crippen LogP contribution in [0.1, 0.15) is 42.9 Å². The van der Waals surface area contributed by atoms with Crippen molar-refractivity contribution in [3.8, 4) is 6.07 Å². The number of hydrogen-bond acceptors (Lipinski definition) is 2. The molecule has 0 radical (unpaired) electrons. The molecule has 2 heteroatoms. The van der Waals surface area contributed by atoms with Crippen molar-refractivity contribution < 1.29 is 0 Å². The smallest absolute Gasteiger partial charge is 0.0991 e. The molecule has 1 aliphatic rings. The Morgan fingerprint density at radius 3 is 2.82 bits per heavy atom. The Labute approximate surface area is 104 Å². The van der Waals surface area contributed by atoms with Crippen LogP contribution >= 0.6 is 0 Å². The van der Waals surface area contributed by atoms with Gasteiger partial charge in [0.25, 0.3) is 0 Å². The van der Waals surface area contributed by atoms with E-state index in [1.807, 2.05) is 12.1 Å². The lowest BCUT2D eigenvalue weighted by atomic mass is 10.0. The van der Waals surface area contributed by atoms with Crippen LogP contribution in [-0.4, -0.2) is 6.04 Å². The number of aryl methyl sites for hydroxylation is 1. The fourth-order valence-electron chi connectivity index (χ4n) is 2.65. The van der Waals surface area contributed by atoms with Gasteiger partial charge in [0.2, 0.25) is 0 Å². The van der Waals surface area contributed by atoms with E-state index in [1.54, 1.807) is 0 Å². The van der Waals surface area contributed by atoms with Crippen molar-refractivity contribution in [2.75, 3.05) is 0 Å². The van der Waals surface area contributed by atoms with Crippen LogP contribution < -0.4 is 5.32 Å². The summed E-state index contributed by atoms with van der Waals surface area (Å²) in [6.07, 6.45) is 4.01. The fraction of sp³-hybridized carbons (Fsp3) is 0.533. The number of nitriles is 1. The molecule has 1 aromatic carbocycles. The number of nitrogens with one attached hydrogen (secondary N) is 1. The predicted octanol–water partition coefficient (Wildman–Crippen LogP) is 3.14. The van der Waals surface area contributed by atoms with Gasteiger partial charge in [0.05, 0.1) is 11.6 Å². The van der Waals surface area contributed by atoms with Crippen LogP contribution in [0.3, 0.4) is 0 Å². The van der Waals surface area contributed by atoms with Crippen LogP contribution in [-0.2, 0) is 6.54 Å². The Bertz CT molecular complexity index is 431. The number of nitrogens with zero attached hydrogens (tertiary/aromatic N) is 1. The second-order valence-corrected chi connectivity index (χ2v) is 5.15. The minimum atomic E-state index is 0.671. The molecule has 2 unspecified atom stereocenters. The van der Waals surface area contributed by atoms with Crippen molar-refractivity contribution in [3.63, 3.8) is 0 Å². The van der Waals surface area contributed by atoms with E-state index in [4.69, 9.17) is 5.26 Å². The van der Waals surface area contributed by atoms with Gasteiger partial charge in [0.1, 0.15) is 0 Å². The van der Waals surface area contributed by atoms with Crippen LogP contribution in [0.2, 0.25) is 0 Å². The first-order chi connectivity index (χ1) is 8.20. The first-order valence-corrected chi connectivity index (χ1v) is 6.43. The summed E-state index contributed by atoms with van der Waals surface area (Å²) in [6, 6.07) is 8.79. The van der Waals surface area contributed by atoms with Gasteiger partial charge in [-0.25, -0.2) is 0 Å². The quantitative estimate of drug-likeness (QED) is 0.862. The van der Waals surface area contributed by atoms with Crippen molar-refractivity contribution in [1.82, 2.24) is 5.32 Å². The van der Waals surface area contributed by atoms with Gasteiger partial charge in [-0.2, -0.15) is 5.26 Å². The zero-order valence-electron chi connectivity index (χ0n) is 10.7. The van der Waals surface area contributed by atoms with E-state index in [0.29, 0.717) is 6.04 Å². The third kappa shape index (κ3) is 2.87.